The smallest absolute Gasteiger partial charge is 0.102 e. The van der Waals surface area contributed by atoms with Crippen LogP contribution in [0.2, 0.25) is 0 Å². The topological polar surface area (TPSA) is 56.7 Å². The molecule has 1 heterocycles. The van der Waals surface area contributed by atoms with Crippen molar-refractivity contribution in [2.75, 3.05) is 0 Å². The van der Waals surface area contributed by atoms with Crippen molar-refractivity contribution in [3.05, 3.63) is 47.3 Å². The summed E-state index contributed by atoms with van der Waals surface area (Å²) in [6.45, 7) is 6.74. The van der Waals surface area contributed by atoms with Crippen molar-refractivity contribution < 1.29 is 0 Å². The molecule has 0 amide bonds. The summed E-state index contributed by atoms with van der Waals surface area (Å²) in [4.78, 5) is 0. The largest absolute Gasteiger partial charge is 0.320 e. The molecule has 2 aromatic rings. The van der Waals surface area contributed by atoms with Gasteiger partial charge in [0.2, 0.25) is 0 Å². The summed E-state index contributed by atoms with van der Waals surface area (Å²) in [7, 11) is 0. The molecular formula is C14H20N4. The van der Waals surface area contributed by atoms with E-state index in [1.807, 2.05) is 24.7 Å². The molecule has 96 valence electrons. The van der Waals surface area contributed by atoms with Crippen molar-refractivity contribution in [3.63, 3.8) is 0 Å². The molecule has 0 fully saturated rings. The minimum absolute atomic E-state index is 0.440. The van der Waals surface area contributed by atoms with E-state index >= 15 is 0 Å². The van der Waals surface area contributed by atoms with Crippen LogP contribution in [-0.4, -0.2) is 15.0 Å². The average Bonchev–Trinajstić information content (AvgIpc) is 2.78. The molecule has 0 saturated heterocycles. The summed E-state index contributed by atoms with van der Waals surface area (Å²) in [5.41, 5.74) is 8.93. The monoisotopic (exact) mass is 244 g/mol. The highest BCUT2D eigenvalue weighted by atomic mass is 15.4. The quantitative estimate of drug-likeness (QED) is 0.896. The minimum Gasteiger partial charge on any atom is -0.320 e. The van der Waals surface area contributed by atoms with Gasteiger partial charge >= 0.3 is 0 Å². The molecule has 0 spiro atoms. The summed E-state index contributed by atoms with van der Waals surface area (Å²) >= 11 is 0. The molecule has 1 aromatic heterocycles. The Morgan fingerprint density at radius 1 is 1.17 bits per heavy atom. The lowest BCUT2D eigenvalue weighted by Gasteiger charge is -2.13. The first-order chi connectivity index (χ1) is 8.49. The Bertz CT molecular complexity index is 505. The first-order valence-corrected chi connectivity index (χ1v) is 6.26. The lowest BCUT2D eigenvalue weighted by Crippen LogP contribution is -2.29. The van der Waals surface area contributed by atoms with Crippen molar-refractivity contribution in [1.29, 1.82) is 0 Å². The van der Waals surface area contributed by atoms with Gasteiger partial charge in [0.05, 0.1) is 18.3 Å². The second kappa shape index (κ2) is 4.90. The Morgan fingerprint density at radius 2 is 1.78 bits per heavy atom. The van der Waals surface area contributed by atoms with Crippen molar-refractivity contribution in [2.45, 2.75) is 39.3 Å². The highest BCUT2D eigenvalue weighted by Crippen LogP contribution is 2.13. The zero-order valence-corrected chi connectivity index (χ0v) is 11.2. The predicted octanol–water partition coefficient (Wildman–Crippen LogP) is 2.08. The summed E-state index contributed by atoms with van der Waals surface area (Å²) < 4.78 is 1.82. The van der Waals surface area contributed by atoms with Crippen LogP contribution in [0.4, 0.5) is 0 Å². The number of hydrogen-bond donors (Lipinski definition) is 1. The van der Waals surface area contributed by atoms with E-state index in [0.717, 1.165) is 18.7 Å². The first kappa shape index (κ1) is 12.8. The molecule has 2 N–H and O–H groups in total. The molecule has 1 aromatic carbocycles. The molecule has 0 radical (unpaired) electrons. The molecule has 0 aliphatic rings. The molecule has 4 nitrogen and oxygen atoms in total. The fourth-order valence-corrected chi connectivity index (χ4v) is 1.74. The van der Waals surface area contributed by atoms with Crippen LogP contribution in [-0.2, 0) is 18.5 Å². The molecule has 0 bridgehead atoms. The minimum atomic E-state index is -0.440. The van der Waals surface area contributed by atoms with Gasteiger partial charge in [-0.3, -0.25) is 0 Å². The number of nitrogens with zero attached hydrogens (tertiary/aromatic N) is 3. The van der Waals surface area contributed by atoms with Crippen LogP contribution < -0.4 is 5.73 Å². The Morgan fingerprint density at radius 3 is 2.28 bits per heavy atom. The van der Waals surface area contributed by atoms with Crippen LogP contribution in [0.3, 0.4) is 0 Å². The van der Waals surface area contributed by atoms with Gasteiger partial charge in [-0.2, -0.15) is 0 Å². The van der Waals surface area contributed by atoms with Crippen molar-refractivity contribution in [2.24, 2.45) is 5.73 Å². The van der Waals surface area contributed by atoms with E-state index in [4.69, 9.17) is 5.73 Å². The fraction of sp³-hybridized carbons (Fsp3) is 0.429. The van der Waals surface area contributed by atoms with E-state index < -0.39 is 5.54 Å². The third kappa shape index (κ3) is 2.96. The van der Waals surface area contributed by atoms with Crippen LogP contribution in [0, 0.1) is 0 Å². The van der Waals surface area contributed by atoms with Crippen molar-refractivity contribution >= 4 is 0 Å². The Kier molecular flexibility index (Phi) is 3.48. The van der Waals surface area contributed by atoms with Gasteiger partial charge in [0.25, 0.3) is 0 Å². The number of aromatic nitrogens is 3. The van der Waals surface area contributed by atoms with Crippen molar-refractivity contribution in [1.82, 2.24) is 15.0 Å². The summed E-state index contributed by atoms with van der Waals surface area (Å²) in [5.74, 6) is 0. The van der Waals surface area contributed by atoms with E-state index in [0.29, 0.717) is 0 Å². The van der Waals surface area contributed by atoms with Crippen LogP contribution in [0.1, 0.15) is 37.6 Å². The van der Waals surface area contributed by atoms with Gasteiger partial charge in [-0.25, -0.2) is 4.68 Å². The number of rotatable bonds is 4. The average molecular weight is 244 g/mol. The molecule has 0 unspecified atom stereocenters. The van der Waals surface area contributed by atoms with Gasteiger partial charge < -0.3 is 5.73 Å². The van der Waals surface area contributed by atoms with Gasteiger partial charge in [-0.15, -0.1) is 5.10 Å². The Balaban J connectivity index is 2.11. The van der Waals surface area contributed by atoms with Gasteiger partial charge in [0.1, 0.15) is 5.69 Å². The number of aryl methyl sites for hydroxylation is 1. The predicted molar refractivity (Wildman–Crippen MR) is 72.2 cm³/mol. The maximum atomic E-state index is 5.99. The third-order valence-corrected chi connectivity index (χ3v) is 2.97. The van der Waals surface area contributed by atoms with Crippen LogP contribution >= 0.6 is 0 Å². The fourth-order valence-electron chi connectivity index (χ4n) is 1.74. The Labute approximate surface area is 108 Å². The number of nitrogens with two attached hydrogens (primary N) is 1. The van der Waals surface area contributed by atoms with E-state index in [1.54, 1.807) is 0 Å². The molecule has 0 atom stereocenters. The molecule has 4 heteroatoms. The lowest BCUT2D eigenvalue weighted by atomic mass is 10.0. The van der Waals surface area contributed by atoms with Gasteiger partial charge in [-0.1, -0.05) is 36.4 Å². The van der Waals surface area contributed by atoms with E-state index in [1.165, 1.54) is 11.1 Å². The third-order valence-electron chi connectivity index (χ3n) is 2.97. The van der Waals surface area contributed by atoms with Gasteiger partial charge in [0.15, 0.2) is 0 Å². The highest BCUT2D eigenvalue weighted by molar-refractivity contribution is 5.22. The molecular weight excluding hydrogens is 224 g/mol. The second-order valence-electron chi connectivity index (χ2n) is 5.19. The summed E-state index contributed by atoms with van der Waals surface area (Å²) in [6.07, 6.45) is 2.98. The Hall–Kier alpha value is -1.68. The van der Waals surface area contributed by atoms with E-state index in [2.05, 4.69) is 41.5 Å². The van der Waals surface area contributed by atoms with Crippen molar-refractivity contribution in [3.8, 4) is 0 Å². The first-order valence-electron chi connectivity index (χ1n) is 6.26. The zero-order valence-electron chi connectivity index (χ0n) is 11.2. The zero-order chi connectivity index (χ0) is 13.2. The van der Waals surface area contributed by atoms with E-state index in [9.17, 15) is 0 Å². The second-order valence-corrected chi connectivity index (χ2v) is 5.19. The highest BCUT2D eigenvalue weighted by Gasteiger charge is 2.18. The molecule has 18 heavy (non-hydrogen) atoms. The summed E-state index contributed by atoms with van der Waals surface area (Å²) in [6, 6.07) is 8.57. The molecule has 0 aliphatic heterocycles. The maximum Gasteiger partial charge on any atom is 0.102 e. The van der Waals surface area contributed by atoms with E-state index in [-0.39, 0.29) is 0 Å². The molecule has 0 aliphatic carbocycles. The summed E-state index contributed by atoms with van der Waals surface area (Å²) in [5, 5.41) is 8.21. The standard InChI is InChI=1S/C14H20N4/c1-4-11-5-7-12(8-6-11)9-18-10-13(16-17-18)14(2,3)15/h5-8,10H,4,9,15H2,1-3H3. The number of hydrogen-bond acceptors (Lipinski definition) is 3. The van der Waals surface area contributed by atoms with Crippen LogP contribution in [0.25, 0.3) is 0 Å². The van der Waals surface area contributed by atoms with Gasteiger partial charge in [0, 0.05) is 0 Å². The van der Waals surface area contributed by atoms with Crippen LogP contribution in [0.15, 0.2) is 30.5 Å². The SMILES string of the molecule is CCc1ccc(Cn2cc(C(C)(C)N)nn2)cc1. The van der Waals surface area contributed by atoms with Gasteiger partial charge in [-0.05, 0) is 31.4 Å². The lowest BCUT2D eigenvalue weighted by molar-refractivity contribution is 0.533. The normalized spacial score (nSPS) is 11.8. The molecule has 0 saturated carbocycles. The molecule has 2 rings (SSSR count). The maximum absolute atomic E-state index is 5.99. The van der Waals surface area contributed by atoms with Crippen LogP contribution in [0.5, 0.6) is 0 Å². The number of benzene rings is 1.